The normalized spacial score (nSPS) is 30.3. The van der Waals surface area contributed by atoms with E-state index in [4.69, 9.17) is 14.0 Å². The maximum Gasteiger partial charge on any atom is 0.482 e. The van der Waals surface area contributed by atoms with Crippen LogP contribution in [0.5, 0.6) is 5.75 Å². The maximum atomic E-state index is 12.6. The van der Waals surface area contributed by atoms with Crippen LogP contribution in [0.2, 0.25) is 0 Å². The number of carbonyl (C=O) groups excluding carboxylic acids is 2. The lowest BCUT2D eigenvalue weighted by atomic mass is 9.43. The molecule has 6 nitrogen and oxygen atoms in total. The fourth-order valence-electron chi connectivity index (χ4n) is 6.46. The Hall–Kier alpha value is -1.51. The van der Waals surface area contributed by atoms with Crippen LogP contribution >= 0.6 is 11.8 Å². The minimum atomic E-state index is -0.525. The Morgan fingerprint density at radius 3 is 2.64 bits per heavy atom. The zero-order valence-electron chi connectivity index (χ0n) is 20.8. The van der Waals surface area contributed by atoms with E-state index in [9.17, 15) is 9.59 Å². The van der Waals surface area contributed by atoms with E-state index in [0.29, 0.717) is 35.3 Å². The van der Waals surface area contributed by atoms with Crippen molar-refractivity contribution in [2.75, 3.05) is 19.1 Å². The number of methoxy groups -OCH3 is 1. The van der Waals surface area contributed by atoms with Crippen LogP contribution < -0.4 is 10.1 Å². The molecule has 1 aliphatic heterocycles. The summed E-state index contributed by atoms with van der Waals surface area (Å²) in [4.78, 5) is 24.9. The van der Waals surface area contributed by atoms with Gasteiger partial charge in [-0.2, -0.15) is 11.8 Å². The van der Waals surface area contributed by atoms with Crippen LogP contribution in [-0.2, 0) is 20.5 Å². The molecule has 1 saturated heterocycles. The molecule has 0 aromatic heterocycles. The van der Waals surface area contributed by atoms with Gasteiger partial charge < -0.3 is 19.4 Å². The minimum Gasteiger partial charge on any atom is -0.496 e. The summed E-state index contributed by atoms with van der Waals surface area (Å²) in [5.74, 6) is 1.63. The van der Waals surface area contributed by atoms with Crippen LogP contribution in [0.15, 0.2) is 12.1 Å². The Kier molecular flexibility index (Phi) is 6.66. The Morgan fingerprint density at radius 1 is 1.30 bits per heavy atom. The number of rotatable bonds is 8. The molecule has 5 atom stereocenters. The van der Waals surface area contributed by atoms with Crippen LogP contribution in [0, 0.1) is 24.2 Å². The second-order valence-electron chi connectivity index (χ2n) is 10.6. The predicted octanol–water partition coefficient (Wildman–Crippen LogP) is 3.86. The van der Waals surface area contributed by atoms with Gasteiger partial charge in [-0.05, 0) is 80.7 Å². The average molecular weight is 473 g/mol. The Balaban J connectivity index is 1.62. The number of hydrogen-bond acceptors (Lipinski definition) is 6. The Labute approximate surface area is 202 Å². The fourth-order valence-corrected chi connectivity index (χ4v) is 6.81. The highest BCUT2D eigenvalue weighted by Gasteiger charge is 2.68. The molecule has 0 radical (unpaired) electrons. The van der Waals surface area contributed by atoms with Crippen LogP contribution in [-0.4, -0.2) is 55.6 Å². The monoisotopic (exact) mass is 473 g/mol. The number of nitrogens with one attached hydrogen (secondary N) is 1. The van der Waals surface area contributed by atoms with E-state index in [1.54, 1.807) is 14.0 Å². The summed E-state index contributed by atoms with van der Waals surface area (Å²) in [7, 11) is 1.05. The van der Waals surface area contributed by atoms with Gasteiger partial charge in [0, 0.05) is 0 Å². The highest BCUT2D eigenvalue weighted by molar-refractivity contribution is 7.99. The Morgan fingerprint density at radius 2 is 2.03 bits per heavy atom. The lowest BCUT2D eigenvalue weighted by molar-refractivity contribution is -0.199. The zero-order valence-corrected chi connectivity index (χ0v) is 21.6. The van der Waals surface area contributed by atoms with Gasteiger partial charge in [0.25, 0.3) is 0 Å². The standard InChI is InChI=1S/C25H36BNO5S/c1-14-16(8-9-18(30-6)23(14)15(2)28)10-21(27-22(29)13-33-7)26-31-20-12-17-11-19(24(17,3)4)25(20,5)32-26/h8-9,17,19-21H,10-13H2,1-7H3,(H,27,29)/t17-,19-,20?,21-,25-/m0/s1. The predicted molar refractivity (Wildman–Crippen MR) is 132 cm³/mol. The third-order valence-electron chi connectivity index (χ3n) is 8.47. The van der Waals surface area contributed by atoms with E-state index in [-0.39, 0.29) is 34.8 Å². The number of thioether (sulfide) groups is 1. The first-order valence-corrected chi connectivity index (χ1v) is 13.2. The van der Waals surface area contributed by atoms with Gasteiger partial charge in [0.1, 0.15) is 5.75 Å². The van der Waals surface area contributed by atoms with Gasteiger partial charge in [-0.15, -0.1) is 0 Å². The molecule has 3 saturated carbocycles. The molecule has 180 valence electrons. The Bertz CT molecular complexity index is 953. The largest absolute Gasteiger partial charge is 0.496 e. The van der Waals surface area contributed by atoms with Crippen LogP contribution in [0.25, 0.3) is 0 Å². The molecule has 1 N–H and O–H groups in total. The molecule has 1 heterocycles. The first kappa shape index (κ1) is 24.6. The summed E-state index contributed by atoms with van der Waals surface area (Å²) in [5.41, 5.74) is 2.35. The van der Waals surface area contributed by atoms with Crippen molar-refractivity contribution < 1.29 is 23.6 Å². The van der Waals surface area contributed by atoms with E-state index in [1.165, 1.54) is 18.2 Å². The van der Waals surface area contributed by atoms with Crippen molar-refractivity contribution in [3.63, 3.8) is 0 Å². The summed E-state index contributed by atoms with van der Waals surface area (Å²) >= 11 is 1.49. The number of amides is 1. The first-order valence-electron chi connectivity index (χ1n) is 11.8. The summed E-state index contributed by atoms with van der Waals surface area (Å²) in [6, 6.07) is 3.80. The van der Waals surface area contributed by atoms with Gasteiger partial charge in [-0.25, -0.2) is 0 Å². The molecule has 4 fully saturated rings. The van der Waals surface area contributed by atoms with Gasteiger partial charge in [0.2, 0.25) is 5.91 Å². The summed E-state index contributed by atoms with van der Waals surface area (Å²) in [6.07, 6.45) is 4.65. The van der Waals surface area contributed by atoms with Crippen molar-refractivity contribution in [1.29, 1.82) is 0 Å². The molecule has 1 unspecified atom stereocenters. The molecular formula is C25H36BNO5S. The molecule has 1 amide bonds. The summed E-state index contributed by atoms with van der Waals surface area (Å²) in [5, 5.41) is 3.16. The number of Topliss-reactive ketones (excluding diaryl/α,β-unsaturated/α-hetero) is 1. The molecule has 1 aromatic rings. The van der Waals surface area contributed by atoms with Crippen molar-refractivity contribution >= 4 is 30.6 Å². The van der Waals surface area contributed by atoms with E-state index >= 15 is 0 Å². The summed E-state index contributed by atoms with van der Waals surface area (Å²) in [6.45, 7) is 10.4. The zero-order chi connectivity index (χ0) is 24.1. The SMILES string of the molecule is COc1ccc(C[C@H](NC(=O)CSC)B2OC3C[C@@H]4C[C@@H](C4(C)C)[C@]3(C)O2)c(C)c1C(C)=O. The van der Waals surface area contributed by atoms with E-state index in [2.05, 4.69) is 26.1 Å². The number of benzene rings is 1. The number of hydrogen-bond donors (Lipinski definition) is 1. The average Bonchev–Trinajstić information content (AvgIpc) is 3.11. The lowest BCUT2D eigenvalue weighted by Crippen LogP contribution is -2.65. The van der Waals surface area contributed by atoms with E-state index in [1.807, 2.05) is 25.3 Å². The second kappa shape index (κ2) is 8.93. The number of carbonyl (C=O) groups is 2. The van der Waals surface area contributed by atoms with Crippen LogP contribution in [0.3, 0.4) is 0 Å². The van der Waals surface area contributed by atoms with Crippen molar-refractivity contribution in [1.82, 2.24) is 5.32 Å². The smallest absolute Gasteiger partial charge is 0.482 e. The molecule has 5 rings (SSSR count). The lowest BCUT2D eigenvalue weighted by Gasteiger charge is -2.64. The molecule has 4 aliphatic rings. The van der Waals surface area contributed by atoms with Crippen molar-refractivity contribution in [3.8, 4) is 5.75 Å². The third kappa shape index (κ3) is 4.12. The minimum absolute atomic E-state index is 0.0388. The number of ketones is 1. The highest BCUT2D eigenvalue weighted by Crippen LogP contribution is 2.65. The maximum absolute atomic E-state index is 12.6. The van der Waals surface area contributed by atoms with E-state index < -0.39 is 7.12 Å². The fraction of sp³-hybridized carbons (Fsp3) is 0.680. The molecule has 2 bridgehead atoms. The van der Waals surface area contributed by atoms with Crippen LogP contribution in [0.4, 0.5) is 0 Å². The van der Waals surface area contributed by atoms with Gasteiger partial charge in [0.15, 0.2) is 5.78 Å². The van der Waals surface area contributed by atoms with Gasteiger partial charge >= 0.3 is 7.12 Å². The molecule has 0 spiro atoms. The van der Waals surface area contributed by atoms with Crippen molar-refractivity contribution in [3.05, 3.63) is 28.8 Å². The molecular weight excluding hydrogens is 437 g/mol. The van der Waals surface area contributed by atoms with Gasteiger partial charge in [-0.1, -0.05) is 19.9 Å². The van der Waals surface area contributed by atoms with E-state index in [0.717, 1.165) is 17.5 Å². The topological polar surface area (TPSA) is 73.9 Å². The van der Waals surface area contributed by atoms with Crippen molar-refractivity contribution in [2.45, 2.75) is 71.5 Å². The number of ether oxygens (including phenoxy) is 1. The van der Waals surface area contributed by atoms with Crippen LogP contribution in [0.1, 0.15) is 62.0 Å². The molecule has 33 heavy (non-hydrogen) atoms. The van der Waals surface area contributed by atoms with Gasteiger partial charge in [0.05, 0.1) is 36.1 Å². The quantitative estimate of drug-likeness (QED) is 0.457. The molecule has 8 heteroatoms. The molecule has 3 aliphatic carbocycles. The highest BCUT2D eigenvalue weighted by atomic mass is 32.2. The van der Waals surface area contributed by atoms with Gasteiger partial charge in [-0.3, -0.25) is 9.59 Å². The second-order valence-corrected chi connectivity index (χ2v) is 11.5. The molecule has 1 aromatic carbocycles. The third-order valence-corrected chi connectivity index (χ3v) is 9.02. The van der Waals surface area contributed by atoms with Crippen molar-refractivity contribution in [2.24, 2.45) is 17.3 Å². The first-order chi connectivity index (χ1) is 15.5. The summed E-state index contributed by atoms with van der Waals surface area (Å²) < 4.78 is 18.6.